The second-order valence-corrected chi connectivity index (χ2v) is 5.56. The topological polar surface area (TPSA) is 53.4 Å². The zero-order chi connectivity index (χ0) is 16.1. The van der Waals surface area contributed by atoms with E-state index in [-0.39, 0.29) is 5.91 Å². The zero-order valence-corrected chi connectivity index (χ0v) is 13.3. The molecule has 22 heavy (non-hydrogen) atoms. The van der Waals surface area contributed by atoms with Gasteiger partial charge in [0.05, 0.1) is 23.1 Å². The van der Waals surface area contributed by atoms with Crippen molar-refractivity contribution in [2.24, 2.45) is 0 Å². The standard InChI is InChI=1S/C18H22N2O2/c1-13(21)11-12-20(3)18(22)16-9-10-17(19-14(16)2)15-7-5-4-6-8-15/h4-10,13,21H,11-12H2,1-3H3. The van der Waals surface area contributed by atoms with Crippen LogP contribution in [0, 0.1) is 6.92 Å². The van der Waals surface area contributed by atoms with E-state index in [0.29, 0.717) is 18.5 Å². The van der Waals surface area contributed by atoms with Crippen molar-refractivity contribution in [1.29, 1.82) is 0 Å². The van der Waals surface area contributed by atoms with Crippen molar-refractivity contribution in [1.82, 2.24) is 9.88 Å². The number of nitrogens with zero attached hydrogens (tertiary/aromatic N) is 2. The SMILES string of the molecule is Cc1nc(-c2ccccc2)ccc1C(=O)N(C)CCC(C)O. The van der Waals surface area contributed by atoms with Gasteiger partial charge in [-0.25, -0.2) is 0 Å². The first-order valence-electron chi connectivity index (χ1n) is 7.45. The average Bonchev–Trinajstić information content (AvgIpc) is 2.52. The van der Waals surface area contributed by atoms with Gasteiger partial charge in [-0.1, -0.05) is 30.3 Å². The zero-order valence-electron chi connectivity index (χ0n) is 13.3. The first-order chi connectivity index (χ1) is 10.5. The number of aryl methyl sites for hydroxylation is 1. The van der Waals surface area contributed by atoms with Gasteiger partial charge in [-0.15, -0.1) is 0 Å². The Balaban J connectivity index is 2.17. The van der Waals surface area contributed by atoms with Crippen LogP contribution in [0.2, 0.25) is 0 Å². The van der Waals surface area contributed by atoms with Crippen LogP contribution in [0.4, 0.5) is 0 Å². The highest BCUT2D eigenvalue weighted by atomic mass is 16.3. The number of aliphatic hydroxyl groups is 1. The van der Waals surface area contributed by atoms with Crippen molar-refractivity contribution in [2.45, 2.75) is 26.4 Å². The molecule has 1 amide bonds. The van der Waals surface area contributed by atoms with Gasteiger partial charge in [-0.3, -0.25) is 9.78 Å². The van der Waals surface area contributed by atoms with Gasteiger partial charge < -0.3 is 10.0 Å². The molecular formula is C18H22N2O2. The molecule has 4 heteroatoms. The smallest absolute Gasteiger partial charge is 0.255 e. The number of aliphatic hydroxyl groups excluding tert-OH is 1. The van der Waals surface area contributed by atoms with E-state index >= 15 is 0 Å². The fourth-order valence-corrected chi connectivity index (χ4v) is 2.24. The van der Waals surface area contributed by atoms with E-state index < -0.39 is 6.10 Å². The lowest BCUT2D eigenvalue weighted by molar-refractivity contribution is 0.0768. The number of aromatic nitrogens is 1. The Hall–Kier alpha value is -2.20. The molecule has 116 valence electrons. The normalized spacial score (nSPS) is 12.0. The summed E-state index contributed by atoms with van der Waals surface area (Å²) in [7, 11) is 1.75. The van der Waals surface area contributed by atoms with E-state index in [2.05, 4.69) is 4.98 Å². The third-order valence-electron chi connectivity index (χ3n) is 3.61. The van der Waals surface area contributed by atoms with Crippen molar-refractivity contribution in [2.75, 3.05) is 13.6 Å². The molecule has 1 atom stereocenters. The van der Waals surface area contributed by atoms with Crippen molar-refractivity contribution < 1.29 is 9.90 Å². The monoisotopic (exact) mass is 298 g/mol. The lowest BCUT2D eigenvalue weighted by Crippen LogP contribution is -2.30. The molecule has 2 rings (SSSR count). The Morgan fingerprint density at radius 1 is 1.23 bits per heavy atom. The van der Waals surface area contributed by atoms with Crippen molar-refractivity contribution in [3.8, 4) is 11.3 Å². The van der Waals surface area contributed by atoms with Gasteiger partial charge in [-0.05, 0) is 32.4 Å². The Morgan fingerprint density at radius 2 is 1.91 bits per heavy atom. The number of amides is 1. The third kappa shape index (κ3) is 3.92. The average molecular weight is 298 g/mol. The molecule has 1 heterocycles. The van der Waals surface area contributed by atoms with Gasteiger partial charge >= 0.3 is 0 Å². The quantitative estimate of drug-likeness (QED) is 0.923. The second kappa shape index (κ2) is 7.18. The number of rotatable bonds is 5. The van der Waals surface area contributed by atoms with Crippen LogP contribution in [0.15, 0.2) is 42.5 Å². The molecule has 0 saturated heterocycles. The second-order valence-electron chi connectivity index (χ2n) is 5.56. The largest absolute Gasteiger partial charge is 0.393 e. The van der Waals surface area contributed by atoms with Crippen LogP contribution in [0.25, 0.3) is 11.3 Å². The summed E-state index contributed by atoms with van der Waals surface area (Å²) in [6, 6.07) is 13.6. The molecule has 0 bridgehead atoms. The fourth-order valence-electron chi connectivity index (χ4n) is 2.24. The van der Waals surface area contributed by atoms with Crippen LogP contribution >= 0.6 is 0 Å². The maximum atomic E-state index is 12.4. The first-order valence-corrected chi connectivity index (χ1v) is 7.45. The van der Waals surface area contributed by atoms with Crippen LogP contribution < -0.4 is 0 Å². The maximum Gasteiger partial charge on any atom is 0.255 e. The number of hydrogen-bond acceptors (Lipinski definition) is 3. The van der Waals surface area contributed by atoms with E-state index in [1.54, 1.807) is 18.9 Å². The summed E-state index contributed by atoms with van der Waals surface area (Å²) in [5, 5.41) is 9.32. The van der Waals surface area contributed by atoms with Gasteiger partial charge in [0.15, 0.2) is 0 Å². The highest BCUT2D eigenvalue weighted by Gasteiger charge is 2.16. The lowest BCUT2D eigenvalue weighted by Gasteiger charge is -2.19. The number of carbonyl (C=O) groups is 1. The molecule has 0 radical (unpaired) electrons. The highest BCUT2D eigenvalue weighted by molar-refractivity contribution is 5.95. The van der Waals surface area contributed by atoms with Crippen molar-refractivity contribution >= 4 is 5.91 Å². The minimum Gasteiger partial charge on any atom is -0.393 e. The molecule has 2 aromatic rings. The van der Waals surface area contributed by atoms with E-state index in [9.17, 15) is 9.90 Å². The number of carbonyl (C=O) groups excluding carboxylic acids is 1. The van der Waals surface area contributed by atoms with Crippen LogP contribution in [-0.2, 0) is 0 Å². The predicted octanol–water partition coefficient (Wildman–Crippen LogP) is 2.90. The Labute approximate surface area is 131 Å². The highest BCUT2D eigenvalue weighted by Crippen LogP contribution is 2.19. The summed E-state index contributed by atoms with van der Waals surface area (Å²) >= 11 is 0. The number of pyridine rings is 1. The van der Waals surface area contributed by atoms with Gasteiger partial charge in [0.25, 0.3) is 5.91 Å². The van der Waals surface area contributed by atoms with E-state index in [1.807, 2.05) is 49.4 Å². The van der Waals surface area contributed by atoms with Gasteiger partial charge in [0.2, 0.25) is 0 Å². The molecular weight excluding hydrogens is 276 g/mol. The van der Waals surface area contributed by atoms with Gasteiger partial charge in [-0.2, -0.15) is 0 Å². The summed E-state index contributed by atoms with van der Waals surface area (Å²) in [6.07, 6.45) is 0.159. The summed E-state index contributed by atoms with van der Waals surface area (Å²) in [5.74, 6) is -0.0646. The Morgan fingerprint density at radius 3 is 2.50 bits per heavy atom. The number of hydrogen-bond donors (Lipinski definition) is 1. The number of benzene rings is 1. The minimum atomic E-state index is -0.407. The van der Waals surface area contributed by atoms with E-state index in [1.165, 1.54) is 0 Å². The molecule has 1 N–H and O–H groups in total. The Kier molecular flexibility index (Phi) is 5.28. The summed E-state index contributed by atoms with van der Waals surface area (Å²) in [5.41, 5.74) is 3.22. The fraction of sp³-hybridized carbons (Fsp3) is 0.333. The van der Waals surface area contributed by atoms with Crippen molar-refractivity contribution in [3.63, 3.8) is 0 Å². The molecule has 0 spiro atoms. The molecule has 1 aromatic heterocycles. The molecule has 0 aliphatic rings. The van der Waals surface area contributed by atoms with Crippen LogP contribution in [0.3, 0.4) is 0 Å². The molecule has 1 unspecified atom stereocenters. The molecule has 1 aromatic carbocycles. The molecule has 0 saturated carbocycles. The summed E-state index contributed by atoms with van der Waals surface area (Å²) in [6.45, 7) is 4.10. The van der Waals surface area contributed by atoms with Crippen LogP contribution in [0.5, 0.6) is 0 Å². The van der Waals surface area contributed by atoms with Crippen molar-refractivity contribution in [3.05, 3.63) is 53.7 Å². The van der Waals surface area contributed by atoms with Gasteiger partial charge in [0.1, 0.15) is 0 Å². The molecule has 4 nitrogen and oxygen atoms in total. The maximum absolute atomic E-state index is 12.4. The Bertz CT molecular complexity index is 639. The van der Waals surface area contributed by atoms with Crippen LogP contribution in [0.1, 0.15) is 29.4 Å². The first kappa shape index (κ1) is 16.2. The molecule has 0 aliphatic heterocycles. The summed E-state index contributed by atoms with van der Waals surface area (Å²) < 4.78 is 0. The third-order valence-corrected chi connectivity index (χ3v) is 3.61. The minimum absolute atomic E-state index is 0.0646. The van der Waals surface area contributed by atoms with Crippen LogP contribution in [-0.4, -0.2) is 40.6 Å². The van der Waals surface area contributed by atoms with E-state index in [0.717, 1.165) is 17.0 Å². The molecule has 0 fully saturated rings. The summed E-state index contributed by atoms with van der Waals surface area (Å²) in [4.78, 5) is 18.6. The van der Waals surface area contributed by atoms with E-state index in [4.69, 9.17) is 0 Å². The lowest BCUT2D eigenvalue weighted by atomic mass is 10.1. The predicted molar refractivity (Wildman–Crippen MR) is 87.7 cm³/mol. The molecule has 0 aliphatic carbocycles. The van der Waals surface area contributed by atoms with Gasteiger partial charge in [0, 0.05) is 19.2 Å².